The van der Waals surface area contributed by atoms with Gasteiger partial charge in [-0.2, -0.15) is 0 Å². The number of morpholine rings is 1. The zero-order chi connectivity index (χ0) is 17.4. The van der Waals surface area contributed by atoms with Crippen molar-refractivity contribution in [2.75, 3.05) is 53.0 Å². The van der Waals surface area contributed by atoms with Gasteiger partial charge in [-0.15, -0.1) is 24.0 Å². The molecule has 0 saturated carbocycles. The summed E-state index contributed by atoms with van der Waals surface area (Å²) < 4.78 is 5.37. The van der Waals surface area contributed by atoms with Crippen molar-refractivity contribution in [2.24, 2.45) is 4.99 Å². The molecular weight excluding hydrogens is 474 g/mol. The number of benzene rings is 1. The first-order chi connectivity index (χ1) is 11.6. The molecule has 1 aliphatic rings. The molecule has 2 rings (SSSR count). The fourth-order valence-electron chi connectivity index (χ4n) is 2.58. The Hall–Kier alpha value is -0.280. The summed E-state index contributed by atoms with van der Waals surface area (Å²) in [6.07, 6.45) is 0. The van der Waals surface area contributed by atoms with E-state index in [4.69, 9.17) is 32.9 Å². The van der Waals surface area contributed by atoms with Crippen LogP contribution in [0.5, 0.6) is 0 Å². The third-order valence-electron chi connectivity index (χ3n) is 3.88. The number of hydrogen-bond donors (Lipinski definition) is 1. The van der Waals surface area contributed by atoms with Crippen LogP contribution in [0.2, 0.25) is 10.0 Å². The first kappa shape index (κ1) is 22.8. The number of guanidine groups is 1. The lowest BCUT2D eigenvalue weighted by Gasteiger charge is -2.26. The van der Waals surface area contributed by atoms with Crippen molar-refractivity contribution in [3.05, 3.63) is 33.8 Å². The van der Waals surface area contributed by atoms with Crippen molar-refractivity contribution in [3.8, 4) is 0 Å². The van der Waals surface area contributed by atoms with Crippen molar-refractivity contribution in [1.82, 2.24) is 15.1 Å². The molecule has 142 valence electrons. The minimum atomic E-state index is 0. The summed E-state index contributed by atoms with van der Waals surface area (Å²) in [6, 6.07) is 5.72. The van der Waals surface area contributed by atoms with Crippen LogP contribution in [0.3, 0.4) is 0 Å². The summed E-state index contributed by atoms with van der Waals surface area (Å²) in [7, 11) is 2.03. The lowest BCUT2D eigenvalue weighted by atomic mass is 10.2. The normalized spacial score (nSPS) is 15.6. The van der Waals surface area contributed by atoms with Crippen LogP contribution in [0.25, 0.3) is 0 Å². The second-order valence-corrected chi connectivity index (χ2v) is 6.61. The molecule has 1 aliphatic heterocycles. The van der Waals surface area contributed by atoms with Gasteiger partial charge in [0.2, 0.25) is 0 Å². The van der Waals surface area contributed by atoms with Crippen LogP contribution in [0, 0.1) is 0 Å². The van der Waals surface area contributed by atoms with Gasteiger partial charge in [-0.05, 0) is 24.6 Å². The van der Waals surface area contributed by atoms with E-state index in [0.717, 1.165) is 64.0 Å². The standard InChI is InChI=1S/C17H26Cl2N4O.HI/c1-3-20-17(21-6-7-23-8-10-24-11-9-23)22(2)13-14-4-5-15(18)16(19)12-14;/h4-5,12H,3,6-11,13H2,1-2H3,(H,20,21);1H. The zero-order valence-corrected chi connectivity index (χ0v) is 18.6. The van der Waals surface area contributed by atoms with Gasteiger partial charge in [0.15, 0.2) is 5.96 Å². The summed E-state index contributed by atoms with van der Waals surface area (Å²) in [5, 5.41) is 4.50. The molecule has 1 fully saturated rings. The Morgan fingerprint density at radius 1 is 1.28 bits per heavy atom. The third-order valence-corrected chi connectivity index (χ3v) is 4.62. The van der Waals surface area contributed by atoms with Crippen LogP contribution in [0.1, 0.15) is 12.5 Å². The molecule has 0 amide bonds. The van der Waals surface area contributed by atoms with E-state index in [-0.39, 0.29) is 24.0 Å². The van der Waals surface area contributed by atoms with Gasteiger partial charge in [0.05, 0.1) is 29.8 Å². The average molecular weight is 501 g/mol. The minimum absolute atomic E-state index is 0. The van der Waals surface area contributed by atoms with Gasteiger partial charge in [0, 0.05) is 39.8 Å². The summed E-state index contributed by atoms with van der Waals surface area (Å²) in [6.45, 7) is 8.98. The molecular formula is C17H27Cl2IN4O. The molecule has 0 aromatic heterocycles. The molecule has 0 atom stereocenters. The molecule has 8 heteroatoms. The van der Waals surface area contributed by atoms with Gasteiger partial charge in [0.25, 0.3) is 0 Å². The lowest BCUT2D eigenvalue weighted by Crippen LogP contribution is -2.40. The zero-order valence-electron chi connectivity index (χ0n) is 14.8. The molecule has 1 aromatic rings. The summed E-state index contributed by atoms with van der Waals surface area (Å²) in [5.74, 6) is 0.900. The number of hydrogen-bond acceptors (Lipinski definition) is 3. The van der Waals surface area contributed by atoms with E-state index in [1.807, 2.05) is 25.2 Å². The highest BCUT2D eigenvalue weighted by molar-refractivity contribution is 14.0. The van der Waals surface area contributed by atoms with Gasteiger partial charge >= 0.3 is 0 Å². The fraction of sp³-hybridized carbons (Fsp3) is 0.588. The van der Waals surface area contributed by atoms with Crippen LogP contribution in [0.4, 0.5) is 0 Å². The second-order valence-electron chi connectivity index (χ2n) is 5.79. The molecule has 1 heterocycles. The second kappa shape index (κ2) is 12.2. The Morgan fingerprint density at radius 2 is 2.00 bits per heavy atom. The van der Waals surface area contributed by atoms with Crippen molar-refractivity contribution in [1.29, 1.82) is 0 Å². The van der Waals surface area contributed by atoms with Crippen molar-refractivity contribution >= 4 is 53.1 Å². The van der Waals surface area contributed by atoms with Crippen LogP contribution in [-0.4, -0.2) is 68.7 Å². The number of ether oxygens (including phenoxy) is 1. The van der Waals surface area contributed by atoms with Crippen LogP contribution in [-0.2, 0) is 11.3 Å². The maximum atomic E-state index is 6.10. The largest absolute Gasteiger partial charge is 0.379 e. The molecule has 0 aliphatic carbocycles. The van der Waals surface area contributed by atoms with Crippen LogP contribution in [0.15, 0.2) is 23.2 Å². The Kier molecular flexibility index (Phi) is 11.1. The molecule has 0 unspecified atom stereocenters. The highest BCUT2D eigenvalue weighted by Crippen LogP contribution is 2.23. The highest BCUT2D eigenvalue weighted by atomic mass is 127. The van der Waals surface area contributed by atoms with E-state index < -0.39 is 0 Å². The van der Waals surface area contributed by atoms with Crippen molar-refractivity contribution < 1.29 is 4.74 Å². The van der Waals surface area contributed by atoms with E-state index in [1.165, 1.54) is 0 Å². The van der Waals surface area contributed by atoms with Crippen LogP contribution >= 0.6 is 47.2 Å². The number of aliphatic imine (C=N–C) groups is 1. The quantitative estimate of drug-likeness (QED) is 0.369. The summed E-state index contributed by atoms with van der Waals surface area (Å²) in [5.41, 5.74) is 1.10. The summed E-state index contributed by atoms with van der Waals surface area (Å²) >= 11 is 12.1. The Labute approximate surface area is 177 Å². The smallest absolute Gasteiger partial charge is 0.194 e. The Balaban J connectivity index is 0.00000312. The van der Waals surface area contributed by atoms with E-state index in [9.17, 15) is 0 Å². The fourth-order valence-corrected chi connectivity index (χ4v) is 2.90. The Bertz CT molecular complexity index is 553. The summed E-state index contributed by atoms with van der Waals surface area (Å²) in [4.78, 5) is 9.22. The SMILES string of the molecule is CCNC(=NCCN1CCOCC1)N(C)Cc1ccc(Cl)c(Cl)c1.I. The first-order valence-electron chi connectivity index (χ1n) is 8.33. The topological polar surface area (TPSA) is 40.1 Å². The van der Waals surface area contributed by atoms with E-state index >= 15 is 0 Å². The molecule has 1 N–H and O–H groups in total. The molecule has 1 saturated heterocycles. The molecule has 0 spiro atoms. The minimum Gasteiger partial charge on any atom is -0.379 e. The molecule has 5 nitrogen and oxygen atoms in total. The third kappa shape index (κ3) is 7.86. The molecule has 1 aromatic carbocycles. The maximum absolute atomic E-state index is 6.10. The molecule has 0 radical (unpaired) electrons. The molecule has 0 bridgehead atoms. The van der Waals surface area contributed by atoms with Crippen molar-refractivity contribution in [3.63, 3.8) is 0 Å². The van der Waals surface area contributed by atoms with Gasteiger partial charge in [-0.3, -0.25) is 9.89 Å². The predicted molar refractivity (Wildman–Crippen MR) is 117 cm³/mol. The number of nitrogens with one attached hydrogen (secondary N) is 1. The maximum Gasteiger partial charge on any atom is 0.194 e. The lowest BCUT2D eigenvalue weighted by molar-refractivity contribution is 0.0394. The molecule has 25 heavy (non-hydrogen) atoms. The van der Waals surface area contributed by atoms with E-state index in [2.05, 4.69) is 22.0 Å². The number of halogens is 3. The van der Waals surface area contributed by atoms with Gasteiger partial charge in [0.1, 0.15) is 0 Å². The first-order valence-corrected chi connectivity index (χ1v) is 9.09. The van der Waals surface area contributed by atoms with Gasteiger partial charge in [-0.25, -0.2) is 0 Å². The number of rotatable bonds is 6. The van der Waals surface area contributed by atoms with Crippen molar-refractivity contribution in [2.45, 2.75) is 13.5 Å². The van der Waals surface area contributed by atoms with Crippen LogP contribution < -0.4 is 5.32 Å². The predicted octanol–water partition coefficient (Wildman–Crippen LogP) is 3.34. The number of nitrogens with zero attached hydrogens (tertiary/aromatic N) is 3. The highest BCUT2D eigenvalue weighted by Gasteiger charge is 2.11. The Morgan fingerprint density at radius 3 is 2.64 bits per heavy atom. The van der Waals surface area contributed by atoms with Gasteiger partial charge in [-0.1, -0.05) is 29.3 Å². The van der Waals surface area contributed by atoms with E-state index in [1.54, 1.807) is 0 Å². The van der Waals surface area contributed by atoms with Gasteiger partial charge < -0.3 is 15.0 Å². The average Bonchev–Trinajstić information content (AvgIpc) is 2.58. The van der Waals surface area contributed by atoms with E-state index in [0.29, 0.717) is 10.0 Å². The monoisotopic (exact) mass is 500 g/mol.